The van der Waals surface area contributed by atoms with Crippen molar-refractivity contribution in [1.29, 1.82) is 0 Å². The van der Waals surface area contributed by atoms with Crippen molar-refractivity contribution >= 4 is 5.97 Å². The molecule has 0 radical (unpaired) electrons. The van der Waals surface area contributed by atoms with Crippen LogP contribution in [0.15, 0.2) is 36.7 Å². The first-order chi connectivity index (χ1) is 10.6. The number of benzene rings is 1. The van der Waals surface area contributed by atoms with Crippen molar-refractivity contribution in [3.63, 3.8) is 0 Å². The van der Waals surface area contributed by atoms with E-state index in [4.69, 9.17) is 5.11 Å². The van der Waals surface area contributed by atoms with E-state index in [9.17, 15) is 9.18 Å². The molecule has 1 aromatic carbocycles. The number of aromatic nitrogens is 2. The number of carboxylic acid groups (broad SMARTS) is 1. The van der Waals surface area contributed by atoms with Crippen molar-refractivity contribution in [1.82, 2.24) is 14.7 Å². The highest BCUT2D eigenvalue weighted by atomic mass is 19.1. The lowest BCUT2D eigenvalue weighted by molar-refractivity contribution is -0.137. The zero-order valence-electron chi connectivity index (χ0n) is 12.2. The Balaban J connectivity index is 1.59. The SMILES string of the molecule is O=C(O)CCn1cc(CN2CC[C@@H]2c2ccc(F)cc2)cn1. The van der Waals surface area contributed by atoms with Gasteiger partial charge in [0.15, 0.2) is 0 Å². The predicted molar refractivity (Wildman–Crippen MR) is 78.6 cm³/mol. The summed E-state index contributed by atoms with van der Waals surface area (Å²) < 4.78 is 14.6. The van der Waals surface area contributed by atoms with Gasteiger partial charge in [-0.05, 0) is 24.1 Å². The molecule has 1 aliphatic heterocycles. The smallest absolute Gasteiger partial charge is 0.305 e. The summed E-state index contributed by atoms with van der Waals surface area (Å²) >= 11 is 0. The minimum absolute atomic E-state index is 0.0725. The summed E-state index contributed by atoms with van der Waals surface area (Å²) in [4.78, 5) is 12.9. The van der Waals surface area contributed by atoms with Gasteiger partial charge in [-0.2, -0.15) is 5.10 Å². The van der Waals surface area contributed by atoms with Crippen molar-refractivity contribution in [3.05, 3.63) is 53.6 Å². The number of carbonyl (C=O) groups is 1. The maximum absolute atomic E-state index is 13.0. The van der Waals surface area contributed by atoms with Crippen LogP contribution in [-0.4, -0.2) is 32.3 Å². The summed E-state index contributed by atoms with van der Waals surface area (Å²) in [7, 11) is 0. The number of nitrogens with zero attached hydrogens (tertiary/aromatic N) is 3. The largest absolute Gasteiger partial charge is 0.481 e. The van der Waals surface area contributed by atoms with Crippen LogP contribution in [0.4, 0.5) is 4.39 Å². The normalized spacial score (nSPS) is 18.1. The summed E-state index contributed by atoms with van der Waals surface area (Å²) in [6, 6.07) is 6.99. The first-order valence-electron chi connectivity index (χ1n) is 7.34. The van der Waals surface area contributed by atoms with Crippen LogP contribution in [0, 0.1) is 5.82 Å². The molecular weight excluding hydrogens is 285 g/mol. The van der Waals surface area contributed by atoms with E-state index >= 15 is 0 Å². The maximum atomic E-state index is 13.0. The van der Waals surface area contributed by atoms with E-state index in [-0.39, 0.29) is 12.2 Å². The minimum Gasteiger partial charge on any atom is -0.481 e. The number of hydrogen-bond donors (Lipinski definition) is 1. The van der Waals surface area contributed by atoms with Crippen molar-refractivity contribution in [2.24, 2.45) is 0 Å². The van der Waals surface area contributed by atoms with Crippen LogP contribution >= 0.6 is 0 Å². The van der Waals surface area contributed by atoms with Gasteiger partial charge in [0.1, 0.15) is 5.82 Å². The molecule has 1 atom stereocenters. The molecule has 0 bridgehead atoms. The third kappa shape index (κ3) is 3.33. The summed E-state index contributed by atoms with van der Waals surface area (Å²) in [5.41, 5.74) is 2.20. The Morgan fingerprint density at radius 3 is 2.77 bits per heavy atom. The summed E-state index contributed by atoms with van der Waals surface area (Å²) in [5.74, 6) is -1.04. The highest BCUT2D eigenvalue weighted by molar-refractivity contribution is 5.66. The van der Waals surface area contributed by atoms with Crippen LogP contribution in [0.25, 0.3) is 0 Å². The lowest BCUT2D eigenvalue weighted by atomic mass is 9.94. The fourth-order valence-corrected chi connectivity index (χ4v) is 2.75. The average molecular weight is 303 g/mol. The lowest BCUT2D eigenvalue weighted by Crippen LogP contribution is -2.40. The topological polar surface area (TPSA) is 58.4 Å². The molecule has 0 amide bonds. The molecule has 3 rings (SSSR count). The first-order valence-corrected chi connectivity index (χ1v) is 7.34. The minimum atomic E-state index is -0.823. The molecule has 2 aromatic rings. The van der Waals surface area contributed by atoms with Gasteiger partial charge in [0, 0.05) is 30.9 Å². The molecule has 5 nitrogen and oxygen atoms in total. The van der Waals surface area contributed by atoms with Gasteiger partial charge in [0.2, 0.25) is 0 Å². The molecule has 2 heterocycles. The van der Waals surface area contributed by atoms with Crippen LogP contribution in [0.3, 0.4) is 0 Å². The van der Waals surface area contributed by atoms with Gasteiger partial charge in [0.05, 0.1) is 19.2 Å². The molecule has 1 aliphatic rings. The highest BCUT2D eigenvalue weighted by Gasteiger charge is 2.29. The van der Waals surface area contributed by atoms with E-state index in [1.807, 2.05) is 18.3 Å². The van der Waals surface area contributed by atoms with Crippen LogP contribution in [-0.2, 0) is 17.9 Å². The van der Waals surface area contributed by atoms with E-state index in [0.29, 0.717) is 12.6 Å². The summed E-state index contributed by atoms with van der Waals surface area (Å²) in [5, 5.41) is 12.9. The van der Waals surface area contributed by atoms with Crippen LogP contribution in [0.1, 0.15) is 30.0 Å². The third-order valence-electron chi connectivity index (χ3n) is 4.01. The van der Waals surface area contributed by atoms with Gasteiger partial charge in [-0.15, -0.1) is 0 Å². The van der Waals surface area contributed by atoms with Gasteiger partial charge in [-0.1, -0.05) is 12.1 Å². The van der Waals surface area contributed by atoms with Gasteiger partial charge < -0.3 is 5.11 Å². The number of likely N-dealkylation sites (tertiary alicyclic amines) is 1. The standard InChI is InChI=1S/C16H18FN3O2/c17-14-3-1-13(2-4-14)15-5-7-19(15)10-12-9-18-20(11-12)8-6-16(21)22/h1-4,9,11,15H,5-8,10H2,(H,21,22)/t15-/m1/s1. The lowest BCUT2D eigenvalue weighted by Gasteiger charge is -2.41. The van der Waals surface area contributed by atoms with Crippen molar-refractivity contribution in [3.8, 4) is 0 Å². The number of aryl methyl sites for hydroxylation is 1. The Kier molecular flexibility index (Phi) is 4.20. The van der Waals surface area contributed by atoms with E-state index < -0.39 is 5.97 Å². The fraction of sp³-hybridized carbons (Fsp3) is 0.375. The van der Waals surface area contributed by atoms with Gasteiger partial charge in [0.25, 0.3) is 0 Å². The van der Waals surface area contributed by atoms with Crippen LogP contribution in [0.2, 0.25) is 0 Å². The zero-order valence-corrected chi connectivity index (χ0v) is 12.2. The van der Waals surface area contributed by atoms with Crippen molar-refractivity contribution < 1.29 is 14.3 Å². The molecule has 116 valence electrons. The molecule has 1 saturated heterocycles. The third-order valence-corrected chi connectivity index (χ3v) is 4.01. The Morgan fingerprint density at radius 2 is 2.14 bits per heavy atom. The monoisotopic (exact) mass is 303 g/mol. The van der Waals surface area contributed by atoms with Gasteiger partial charge >= 0.3 is 5.97 Å². The van der Waals surface area contributed by atoms with Crippen molar-refractivity contribution in [2.75, 3.05) is 6.54 Å². The number of hydrogen-bond acceptors (Lipinski definition) is 3. The van der Waals surface area contributed by atoms with E-state index in [0.717, 1.165) is 30.6 Å². The Labute approximate surface area is 128 Å². The highest BCUT2D eigenvalue weighted by Crippen LogP contribution is 2.34. The Hall–Kier alpha value is -2.21. The molecule has 22 heavy (non-hydrogen) atoms. The van der Waals surface area contributed by atoms with Crippen LogP contribution < -0.4 is 0 Å². The summed E-state index contributed by atoms with van der Waals surface area (Å²) in [6.07, 6.45) is 4.81. The van der Waals surface area contributed by atoms with Crippen molar-refractivity contribution in [2.45, 2.75) is 32.0 Å². The molecule has 1 fully saturated rings. The Morgan fingerprint density at radius 1 is 1.36 bits per heavy atom. The molecule has 1 N–H and O–H groups in total. The molecule has 0 aliphatic carbocycles. The number of aliphatic carboxylic acids is 1. The molecule has 0 spiro atoms. The number of carboxylic acids is 1. The molecule has 0 unspecified atom stereocenters. The molecule has 6 heteroatoms. The summed E-state index contributed by atoms with van der Waals surface area (Å²) in [6.45, 7) is 2.16. The number of halogens is 1. The number of rotatable bonds is 6. The predicted octanol–water partition coefficient (Wildman–Crippen LogP) is 2.44. The Bertz CT molecular complexity index is 654. The fourth-order valence-electron chi connectivity index (χ4n) is 2.75. The van der Waals surface area contributed by atoms with E-state index in [1.54, 1.807) is 10.9 Å². The second-order valence-electron chi connectivity index (χ2n) is 5.58. The maximum Gasteiger partial charge on any atom is 0.305 e. The molecular formula is C16H18FN3O2. The van der Waals surface area contributed by atoms with Gasteiger partial charge in [-0.25, -0.2) is 4.39 Å². The molecule has 0 saturated carbocycles. The average Bonchev–Trinajstić information content (AvgIpc) is 2.92. The van der Waals surface area contributed by atoms with Crippen LogP contribution in [0.5, 0.6) is 0 Å². The van der Waals surface area contributed by atoms with E-state index in [1.165, 1.54) is 12.1 Å². The second kappa shape index (κ2) is 6.27. The quantitative estimate of drug-likeness (QED) is 0.890. The van der Waals surface area contributed by atoms with Gasteiger partial charge in [-0.3, -0.25) is 14.4 Å². The second-order valence-corrected chi connectivity index (χ2v) is 5.58. The first kappa shape index (κ1) is 14.7. The van der Waals surface area contributed by atoms with E-state index in [2.05, 4.69) is 10.00 Å². The molecule has 1 aromatic heterocycles. The zero-order chi connectivity index (χ0) is 15.5.